The third-order valence-electron chi connectivity index (χ3n) is 4.15. The number of ether oxygens (including phenoxy) is 1. The van der Waals surface area contributed by atoms with Gasteiger partial charge in [0.1, 0.15) is 5.00 Å². The van der Waals surface area contributed by atoms with Crippen molar-refractivity contribution in [3.8, 4) is 0 Å². The highest BCUT2D eigenvalue weighted by Gasteiger charge is 2.27. The lowest BCUT2D eigenvalue weighted by molar-refractivity contribution is -0.113. The van der Waals surface area contributed by atoms with Gasteiger partial charge in [-0.05, 0) is 38.2 Å². The molecule has 1 aliphatic rings. The lowest BCUT2D eigenvalue weighted by atomic mass is 9.95. The molecule has 0 aliphatic heterocycles. The van der Waals surface area contributed by atoms with E-state index in [1.54, 1.807) is 6.92 Å². The van der Waals surface area contributed by atoms with E-state index in [4.69, 9.17) is 9.15 Å². The van der Waals surface area contributed by atoms with E-state index in [0.717, 1.165) is 31.2 Å². The van der Waals surface area contributed by atoms with Crippen LogP contribution in [-0.4, -0.2) is 34.4 Å². The minimum Gasteiger partial charge on any atom is -0.462 e. The molecule has 3 rings (SSSR count). The second-order valence-electron chi connectivity index (χ2n) is 6.53. The number of anilines is 1. The highest BCUT2D eigenvalue weighted by atomic mass is 32.2. The van der Waals surface area contributed by atoms with Gasteiger partial charge in [-0.2, -0.15) is 0 Å². The number of carbonyl (C=O) groups is 2. The fraction of sp³-hybridized carbons (Fsp3) is 0.556. The van der Waals surface area contributed by atoms with Crippen molar-refractivity contribution < 1.29 is 18.7 Å². The van der Waals surface area contributed by atoms with Gasteiger partial charge in [-0.15, -0.1) is 21.5 Å². The predicted octanol–water partition coefficient (Wildman–Crippen LogP) is 4.04. The third-order valence-corrected chi connectivity index (χ3v) is 6.17. The Bertz CT molecular complexity index is 829. The molecule has 0 saturated carbocycles. The number of amides is 1. The van der Waals surface area contributed by atoms with Gasteiger partial charge in [-0.3, -0.25) is 4.79 Å². The molecule has 1 aliphatic carbocycles. The number of nitrogens with zero attached hydrogens (tertiary/aromatic N) is 2. The fourth-order valence-corrected chi connectivity index (χ4v) is 4.74. The molecule has 2 aromatic rings. The quantitative estimate of drug-likeness (QED) is 0.545. The highest BCUT2D eigenvalue weighted by molar-refractivity contribution is 7.99. The molecular weight excluding hydrogens is 386 g/mol. The van der Waals surface area contributed by atoms with Crippen LogP contribution in [0.25, 0.3) is 0 Å². The van der Waals surface area contributed by atoms with Crippen molar-refractivity contribution in [1.29, 1.82) is 0 Å². The zero-order valence-electron chi connectivity index (χ0n) is 15.7. The van der Waals surface area contributed by atoms with E-state index in [0.29, 0.717) is 28.3 Å². The van der Waals surface area contributed by atoms with Crippen molar-refractivity contribution >= 4 is 40.0 Å². The molecule has 2 aromatic heterocycles. The van der Waals surface area contributed by atoms with E-state index in [2.05, 4.69) is 15.5 Å². The maximum absolute atomic E-state index is 12.4. The van der Waals surface area contributed by atoms with Crippen LogP contribution in [0.5, 0.6) is 0 Å². The molecule has 146 valence electrons. The number of rotatable bonds is 7. The van der Waals surface area contributed by atoms with E-state index in [1.807, 2.05) is 13.8 Å². The van der Waals surface area contributed by atoms with Crippen LogP contribution in [0.4, 0.5) is 5.00 Å². The first-order valence-corrected chi connectivity index (χ1v) is 10.9. The summed E-state index contributed by atoms with van der Waals surface area (Å²) in [6.07, 6.45) is 3.95. The molecule has 0 aromatic carbocycles. The van der Waals surface area contributed by atoms with Gasteiger partial charge >= 0.3 is 5.97 Å². The van der Waals surface area contributed by atoms with Crippen molar-refractivity contribution in [3.05, 3.63) is 21.9 Å². The van der Waals surface area contributed by atoms with Gasteiger partial charge in [0.15, 0.2) is 0 Å². The summed E-state index contributed by atoms with van der Waals surface area (Å²) in [7, 11) is 0. The Morgan fingerprint density at radius 3 is 2.78 bits per heavy atom. The Kier molecular flexibility index (Phi) is 6.54. The monoisotopic (exact) mass is 409 g/mol. The lowest BCUT2D eigenvalue weighted by Crippen LogP contribution is -2.17. The van der Waals surface area contributed by atoms with Gasteiger partial charge in [0.2, 0.25) is 11.8 Å². The number of fused-ring (bicyclic) bond motifs is 1. The number of aromatic nitrogens is 2. The zero-order valence-corrected chi connectivity index (χ0v) is 17.3. The Labute approximate surface area is 166 Å². The average Bonchev–Trinajstić information content (AvgIpc) is 3.24. The molecule has 9 heteroatoms. The summed E-state index contributed by atoms with van der Waals surface area (Å²) >= 11 is 2.66. The summed E-state index contributed by atoms with van der Waals surface area (Å²) in [5.74, 6) is 0.246. The van der Waals surface area contributed by atoms with Crippen LogP contribution in [0.2, 0.25) is 0 Å². The summed E-state index contributed by atoms with van der Waals surface area (Å²) in [6, 6.07) is 0. The third kappa shape index (κ3) is 4.70. The lowest BCUT2D eigenvalue weighted by Gasteiger charge is -2.12. The summed E-state index contributed by atoms with van der Waals surface area (Å²) in [4.78, 5) is 26.0. The minimum absolute atomic E-state index is 0.130. The second-order valence-corrected chi connectivity index (χ2v) is 8.57. The summed E-state index contributed by atoms with van der Waals surface area (Å²) in [6.45, 7) is 6.01. The van der Waals surface area contributed by atoms with Gasteiger partial charge in [0.25, 0.3) is 5.22 Å². The number of carbonyl (C=O) groups excluding carboxylic acids is 2. The van der Waals surface area contributed by atoms with Crippen LogP contribution in [0, 0.1) is 0 Å². The summed E-state index contributed by atoms with van der Waals surface area (Å²) in [5, 5.41) is 11.7. The molecule has 0 bridgehead atoms. The molecule has 2 heterocycles. The van der Waals surface area contributed by atoms with E-state index in [-0.39, 0.29) is 23.5 Å². The molecule has 1 N–H and O–H groups in total. The SMILES string of the molecule is CCOC(=O)c1c(NC(=O)CSc2nnc(C(C)C)o2)sc2c1CCCC2. The topological polar surface area (TPSA) is 94.3 Å². The first-order valence-electron chi connectivity index (χ1n) is 9.07. The molecule has 0 spiro atoms. The first kappa shape index (κ1) is 19.9. The molecule has 0 atom stereocenters. The van der Waals surface area contributed by atoms with Crippen molar-refractivity contribution in [2.24, 2.45) is 0 Å². The van der Waals surface area contributed by atoms with Crippen LogP contribution >= 0.6 is 23.1 Å². The van der Waals surface area contributed by atoms with Crippen LogP contribution < -0.4 is 5.32 Å². The molecule has 27 heavy (non-hydrogen) atoms. The van der Waals surface area contributed by atoms with Crippen molar-refractivity contribution in [2.75, 3.05) is 17.7 Å². The van der Waals surface area contributed by atoms with Crippen LogP contribution in [-0.2, 0) is 22.4 Å². The number of esters is 1. The molecule has 0 radical (unpaired) electrons. The van der Waals surface area contributed by atoms with E-state index < -0.39 is 0 Å². The van der Waals surface area contributed by atoms with Gasteiger partial charge in [0, 0.05) is 10.8 Å². The second kappa shape index (κ2) is 8.88. The van der Waals surface area contributed by atoms with Crippen molar-refractivity contribution in [1.82, 2.24) is 10.2 Å². The van der Waals surface area contributed by atoms with Crippen molar-refractivity contribution in [2.45, 2.75) is 57.6 Å². The van der Waals surface area contributed by atoms with E-state index in [1.165, 1.54) is 28.0 Å². The van der Waals surface area contributed by atoms with Gasteiger partial charge in [-0.1, -0.05) is 25.6 Å². The zero-order chi connectivity index (χ0) is 19.4. The molecular formula is C18H23N3O4S2. The fourth-order valence-electron chi connectivity index (χ4n) is 2.88. The van der Waals surface area contributed by atoms with Crippen LogP contribution in [0.1, 0.15) is 66.2 Å². The largest absolute Gasteiger partial charge is 0.462 e. The number of thiophene rings is 1. The maximum atomic E-state index is 12.4. The van der Waals surface area contributed by atoms with E-state index in [9.17, 15) is 9.59 Å². The molecule has 1 amide bonds. The average molecular weight is 410 g/mol. The first-order chi connectivity index (χ1) is 13.0. The highest BCUT2D eigenvalue weighted by Crippen LogP contribution is 2.38. The normalized spacial score (nSPS) is 13.5. The Balaban J connectivity index is 1.69. The Hall–Kier alpha value is -1.87. The Morgan fingerprint density at radius 2 is 2.07 bits per heavy atom. The van der Waals surface area contributed by atoms with Gasteiger partial charge < -0.3 is 14.5 Å². The molecule has 0 saturated heterocycles. The molecule has 0 unspecified atom stereocenters. The molecule has 7 nitrogen and oxygen atoms in total. The number of aryl methyl sites for hydroxylation is 1. The predicted molar refractivity (Wildman–Crippen MR) is 105 cm³/mol. The maximum Gasteiger partial charge on any atom is 0.341 e. The summed E-state index contributed by atoms with van der Waals surface area (Å²) in [5.41, 5.74) is 1.56. The smallest absolute Gasteiger partial charge is 0.341 e. The minimum atomic E-state index is -0.363. The van der Waals surface area contributed by atoms with E-state index >= 15 is 0 Å². The number of hydrogen-bond donors (Lipinski definition) is 1. The van der Waals surface area contributed by atoms with Gasteiger partial charge in [-0.25, -0.2) is 4.79 Å². The number of thioether (sulfide) groups is 1. The Morgan fingerprint density at radius 1 is 1.30 bits per heavy atom. The number of nitrogens with one attached hydrogen (secondary N) is 1. The summed E-state index contributed by atoms with van der Waals surface area (Å²) < 4.78 is 10.7. The number of hydrogen-bond acceptors (Lipinski definition) is 8. The van der Waals surface area contributed by atoms with Crippen molar-refractivity contribution in [3.63, 3.8) is 0 Å². The van der Waals surface area contributed by atoms with Crippen LogP contribution in [0.15, 0.2) is 9.64 Å². The molecule has 0 fully saturated rings. The van der Waals surface area contributed by atoms with Gasteiger partial charge in [0.05, 0.1) is 17.9 Å². The van der Waals surface area contributed by atoms with Crippen LogP contribution in [0.3, 0.4) is 0 Å². The standard InChI is InChI=1S/C18H23N3O4S2/c1-4-24-17(23)14-11-7-5-6-8-12(11)27-16(14)19-13(22)9-26-18-21-20-15(25-18)10(2)3/h10H,4-9H2,1-3H3,(H,19,22).